The van der Waals surface area contributed by atoms with Gasteiger partial charge >= 0.3 is 0 Å². The lowest BCUT2D eigenvalue weighted by atomic mass is 10.1. The number of ether oxygens (including phenoxy) is 1. The lowest BCUT2D eigenvalue weighted by Gasteiger charge is -2.39. The Balaban J connectivity index is 1.40. The van der Waals surface area contributed by atoms with Gasteiger partial charge in [0.25, 0.3) is 0 Å². The van der Waals surface area contributed by atoms with Crippen molar-refractivity contribution in [3.63, 3.8) is 0 Å². The molecule has 2 aromatic heterocycles. The van der Waals surface area contributed by atoms with Crippen LogP contribution in [0.15, 0.2) is 55.0 Å². The molecule has 0 saturated carbocycles. The van der Waals surface area contributed by atoms with Crippen molar-refractivity contribution in [1.82, 2.24) is 9.55 Å². The Morgan fingerprint density at radius 2 is 2.00 bits per heavy atom. The summed E-state index contributed by atoms with van der Waals surface area (Å²) in [5.41, 5.74) is 2.51. The minimum absolute atomic E-state index is 0.298. The van der Waals surface area contributed by atoms with Gasteiger partial charge in [0.15, 0.2) is 5.13 Å². The number of hydrogen-bond donors (Lipinski definition) is 0. The molecule has 25 heavy (non-hydrogen) atoms. The molecule has 1 aliphatic rings. The van der Waals surface area contributed by atoms with E-state index >= 15 is 0 Å². The molecule has 4 rings (SSSR count). The van der Waals surface area contributed by atoms with Crippen LogP contribution in [0, 0.1) is 0 Å². The van der Waals surface area contributed by atoms with Crippen molar-refractivity contribution in [3.8, 4) is 5.69 Å². The van der Waals surface area contributed by atoms with E-state index in [4.69, 9.17) is 4.74 Å². The monoisotopic (exact) mass is 353 g/mol. The van der Waals surface area contributed by atoms with Crippen molar-refractivity contribution in [2.75, 3.05) is 18.0 Å². The summed E-state index contributed by atoms with van der Waals surface area (Å²) in [6.45, 7) is 6.08. The first-order chi connectivity index (χ1) is 12.2. The second-order valence-electron chi connectivity index (χ2n) is 6.76. The summed E-state index contributed by atoms with van der Waals surface area (Å²) in [4.78, 5) is 8.21. The van der Waals surface area contributed by atoms with Gasteiger partial charge in [-0.2, -0.15) is 0 Å². The highest BCUT2D eigenvalue weighted by Gasteiger charge is 2.30. The average Bonchev–Trinajstić information content (AvgIpc) is 3.22. The summed E-state index contributed by atoms with van der Waals surface area (Å²) in [5, 5.41) is 1.11. The predicted molar refractivity (Wildman–Crippen MR) is 103 cm³/mol. The number of hydrogen-bond acceptors (Lipinski definition) is 4. The first-order valence-corrected chi connectivity index (χ1v) is 9.56. The molecule has 0 N–H and O–H groups in total. The Labute approximate surface area is 152 Å². The van der Waals surface area contributed by atoms with Gasteiger partial charge in [-0.1, -0.05) is 12.1 Å². The topological polar surface area (TPSA) is 30.3 Å². The molecular weight excluding hydrogens is 330 g/mol. The lowest BCUT2D eigenvalue weighted by molar-refractivity contribution is -0.00719. The van der Waals surface area contributed by atoms with Crippen LogP contribution in [-0.2, 0) is 11.2 Å². The van der Waals surface area contributed by atoms with Crippen molar-refractivity contribution in [2.45, 2.75) is 32.5 Å². The molecule has 0 bridgehead atoms. The number of nitrogens with zero attached hydrogens (tertiary/aromatic N) is 3. The van der Waals surface area contributed by atoms with Crippen LogP contribution < -0.4 is 4.90 Å². The van der Waals surface area contributed by atoms with Crippen LogP contribution in [-0.4, -0.2) is 34.8 Å². The highest BCUT2D eigenvalue weighted by atomic mass is 32.1. The minimum Gasteiger partial charge on any atom is -0.372 e. The lowest BCUT2D eigenvalue weighted by Crippen LogP contribution is -2.53. The highest BCUT2D eigenvalue weighted by Crippen LogP contribution is 2.29. The zero-order valence-electron chi connectivity index (χ0n) is 14.6. The third-order valence-corrected chi connectivity index (χ3v) is 5.37. The fraction of sp³-hybridized carbons (Fsp3) is 0.350. The van der Waals surface area contributed by atoms with E-state index in [-0.39, 0.29) is 0 Å². The number of rotatable bonds is 6. The Morgan fingerprint density at radius 3 is 2.76 bits per heavy atom. The van der Waals surface area contributed by atoms with Crippen molar-refractivity contribution >= 4 is 16.5 Å². The first-order valence-electron chi connectivity index (χ1n) is 8.75. The quantitative estimate of drug-likeness (QED) is 0.667. The van der Waals surface area contributed by atoms with E-state index in [1.54, 1.807) is 11.3 Å². The average molecular weight is 353 g/mol. The zero-order valence-corrected chi connectivity index (χ0v) is 15.4. The fourth-order valence-electron chi connectivity index (χ4n) is 3.13. The first kappa shape index (κ1) is 16.4. The van der Waals surface area contributed by atoms with Crippen LogP contribution in [0.4, 0.5) is 5.13 Å². The molecule has 1 saturated heterocycles. The fourth-order valence-corrected chi connectivity index (χ4v) is 4.09. The third kappa shape index (κ3) is 3.78. The Hall–Kier alpha value is -2.11. The molecule has 1 fully saturated rings. The number of benzene rings is 1. The van der Waals surface area contributed by atoms with Crippen LogP contribution in [0.3, 0.4) is 0 Å². The van der Waals surface area contributed by atoms with Gasteiger partial charge in [-0.3, -0.25) is 0 Å². The van der Waals surface area contributed by atoms with Gasteiger partial charge in [-0.15, -0.1) is 11.3 Å². The molecule has 0 amide bonds. The van der Waals surface area contributed by atoms with Crippen LogP contribution in [0.1, 0.15) is 24.3 Å². The van der Waals surface area contributed by atoms with E-state index in [9.17, 15) is 0 Å². The van der Waals surface area contributed by atoms with Crippen LogP contribution in [0.25, 0.3) is 5.69 Å². The van der Waals surface area contributed by atoms with Crippen molar-refractivity contribution in [3.05, 3.63) is 65.4 Å². The molecule has 0 spiro atoms. The Kier molecular flexibility index (Phi) is 4.59. The molecule has 0 unspecified atom stereocenters. The van der Waals surface area contributed by atoms with Gasteiger partial charge in [0.1, 0.15) is 0 Å². The second kappa shape index (κ2) is 7.02. The van der Waals surface area contributed by atoms with E-state index in [1.165, 1.54) is 16.1 Å². The molecule has 4 nitrogen and oxygen atoms in total. The van der Waals surface area contributed by atoms with Gasteiger partial charge < -0.3 is 14.2 Å². The predicted octanol–water partition coefficient (Wildman–Crippen LogP) is 4.14. The maximum atomic E-state index is 5.82. The van der Waals surface area contributed by atoms with E-state index in [1.807, 2.05) is 18.3 Å². The molecule has 1 aliphatic heterocycles. The van der Waals surface area contributed by atoms with Gasteiger partial charge in [0, 0.05) is 48.7 Å². The number of anilines is 1. The molecule has 130 valence electrons. The smallest absolute Gasteiger partial charge is 0.185 e. The van der Waals surface area contributed by atoms with Gasteiger partial charge in [0.05, 0.1) is 12.2 Å². The zero-order chi connectivity index (χ0) is 17.2. The number of thiazole rings is 1. The normalized spacial score (nSPS) is 14.9. The van der Waals surface area contributed by atoms with E-state index in [0.29, 0.717) is 12.2 Å². The summed E-state index contributed by atoms with van der Waals surface area (Å²) in [7, 11) is 0. The van der Waals surface area contributed by atoms with Gasteiger partial charge in [-0.25, -0.2) is 4.98 Å². The largest absolute Gasteiger partial charge is 0.372 e. The van der Waals surface area contributed by atoms with Crippen LogP contribution in [0.5, 0.6) is 0 Å². The Morgan fingerprint density at radius 1 is 1.20 bits per heavy atom. The second-order valence-corrected chi connectivity index (χ2v) is 7.85. The van der Waals surface area contributed by atoms with Gasteiger partial charge in [0.2, 0.25) is 0 Å². The SMILES string of the molecule is CC(C)OC1CN(c2ncc(Cc3cccc(-n4cccc4)c3)s2)C1. The Bertz CT molecular complexity index is 819. The summed E-state index contributed by atoms with van der Waals surface area (Å²) in [6, 6.07) is 12.8. The summed E-state index contributed by atoms with van der Waals surface area (Å²) in [5.74, 6) is 0. The summed E-state index contributed by atoms with van der Waals surface area (Å²) >= 11 is 1.79. The maximum Gasteiger partial charge on any atom is 0.185 e. The van der Waals surface area contributed by atoms with E-state index in [2.05, 4.69) is 65.0 Å². The molecular formula is C20H23N3OS. The highest BCUT2D eigenvalue weighted by molar-refractivity contribution is 7.15. The molecule has 0 aliphatic carbocycles. The molecule has 5 heteroatoms. The summed E-state index contributed by atoms with van der Waals surface area (Å²) in [6.07, 6.45) is 7.73. The van der Waals surface area contributed by atoms with E-state index in [0.717, 1.165) is 24.6 Å². The number of aromatic nitrogens is 2. The summed E-state index contributed by atoms with van der Waals surface area (Å²) < 4.78 is 7.96. The standard InChI is InChI=1S/C20H23N3OS/c1-15(2)24-18-13-23(14-18)20-21-12-19(25-20)11-16-6-5-7-17(10-16)22-8-3-4-9-22/h3-10,12,15,18H,11,13-14H2,1-2H3. The molecule has 0 radical (unpaired) electrons. The molecule has 3 aromatic rings. The maximum absolute atomic E-state index is 5.82. The van der Waals surface area contributed by atoms with Crippen molar-refractivity contribution in [1.29, 1.82) is 0 Å². The van der Waals surface area contributed by atoms with Gasteiger partial charge in [-0.05, 0) is 43.7 Å². The minimum atomic E-state index is 0.298. The molecule has 3 heterocycles. The molecule has 1 aromatic carbocycles. The van der Waals surface area contributed by atoms with Crippen molar-refractivity contribution in [2.24, 2.45) is 0 Å². The van der Waals surface area contributed by atoms with Crippen molar-refractivity contribution < 1.29 is 4.74 Å². The third-order valence-electron chi connectivity index (χ3n) is 4.32. The van der Waals surface area contributed by atoms with Crippen LogP contribution >= 0.6 is 11.3 Å². The molecule has 0 atom stereocenters. The van der Waals surface area contributed by atoms with Crippen LogP contribution in [0.2, 0.25) is 0 Å². The van der Waals surface area contributed by atoms with E-state index < -0.39 is 0 Å².